The lowest BCUT2D eigenvalue weighted by Gasteiger charge is -2.35. The highest BCUT2D eigenvalue weighted by Crippen LogP contribution is 2.44. The molecule has 0 unspecified atom stereocenters. The van der Waals surface area contributed by atoms with Crippen LogP contribution in [0.3, 0.4) is 0 Å². The lowest BCUT2D eigenvalue weighted by Crippen LogP contribution is -2.37. The number of hydrogen-bond donors (Lipinski definition) is 1. The summed E-state index contributed by atoms with van der Waals surface area (Å²) in [5, 5.41) is 9.47. The molecule has 5 heteroatoms. The highest BCUT2D eigenvalue weighted by Gasteiger charge is 2.43. The zero-order valence-electron chi connectivity index (χ0n) is 13.0. The van der Waals surface area contributed by atoms with Crippen LogP contribution < -0.4 is 0 Å². The first-order valence-corrected chi connectivity index (χ1v) is 7.82. The molecule has 122 valence electrons. The van der Waals surface area contributed by atoms with Gasteiger partial charge in [0.1, 0.15) is 6.33 Å². The van der Waals surface area contributed by atoms with E-state index in [0.29, 0.717) is 5.56 Å². The Labute approximate surface area is 139 Å². The van der Waals surface area contributed by atoms with E-state index in [4.69, 9.17) is 0 Å². The number of alkyl halides is 1. The van der Waals surface area contributed by atoms with Gasteiger partial charge in [0, 0.05) is 24.7 Å². The van der Waals surface area contributed by atoms with E-state index in [1.807, 2.05) is 30.3 Å². The zero-order chi connectivity index (χ0) is 17.0. The molecule has 0 spiro atoms. The molecule has 1 aliphatic carbocycles. The number of aliphatic carboxylic acids is 1. The number of nitrogens with zero attached hydrogens (tertiary/aromatic N) is 2. The molecule has 1 saturated carbocycles. The van der Waals surface area contributed by atoms with Gasteiger partial charge in [0.15, 0.2) is 5.67 Å². The van der Waals surface area contributed by atoms with Gasteiger partial charge in [0.05, 0.1) is 11.5 Å². The first-order valence-electron chi connectivity index (χ1n) is 7.82. The normalized spacial score (nSPS) is 26.2. The number of rotatable bonds is 2. The Morgan fingerprint density at radius 3 is 2.62 bits per heavy atom. The van der Waals surface area contributed by atoms with Crippen molar-refractivity contribution in [2.75, 3.05) is 0 Å². The molecule has 1 N–H and O–H groups in total. The molecule has 1 aromatic carbocycles. The summed E-state index contributed by atoms with van der Waals surface area (Å²) in [5.74, 6) is 3.61. The first kappa shape index (κ1) is 16.1. The predicted octanol–water partition coefficient (Wildman–Crippen LogP) is 3.20. The Bertz CT molecular complexity index is 770. The highest BCUT2D eigenvalue weighted by molar-refractivity contribution is 5.71. The van der Waals surface area contributed by atoms with Crippen LogP contribution in [0.1, 0.15) is 36.3 Å². The summed E-state index contributed by atoms with van der Waals surface area (Å²) in [6.45, 7) is 0. The molecule has 3 rings (SSSR count). The third-order valence-electron chi connectivity index (χ3n) is 4.42. The van der Waals surface area contributed by atoms with E-state index < -0.39 is 17.6 Å². The van der Waals surface area contributed by atoms with Crippen LogP contribution in [0.5, 0.6) is 0 Å². The van der Waals surface area contributed by atoms with Crippen LogP contribution in [-0.4, -0.2) is 26.7 Å². The SMILES string of the molecule is O=C(O)[C@@H]1CC[C@](F)(C#Cc2cncnc2)C[C@H]1c1ccccc1. The van der Waals surface area contributed by atoms with Crippen molar-refractivity contribution in [2.24, 2.45) is 5.92 Å². The van der Waals surface area contributed by atoms with Crippen LogP contribution in [0.2, 0.25) is 0 Å². The van der Waals surface area contributed by atoms with Crippen LogP contribution in [-0.2, 0) is 4.79 Å². The minimum atomic E-state index is -1.71. The van der Waals surface area contributed by atoms with E-state index in [1.54, 1.807) is 0 Å². The van der Waals surface area contributed by atoms with Gasteiger partial charge in [-0.15, -0.1) is 0 Å². The fourth-order valence-electron chi connectivity index (χ4n) is 3.19. The summed E-state index contributed by atoms with van der Waals surface area (Å²) < 4.78 is 15.2. The maximum atomic E-state index is 15.2. The monoisotopic (exact) mass is 324 g/mol. The highest BCUT2D eigenvalue weighted by atomic mass is 19.1. The van der Waals surface area contributed by atoms with Crippen molar-refractivity contribution in [2.45, 2.75) is 30.8 Å². The number of carbonyl (C=O) groups is 1. The molecule has 1 heterocycles. The number of aromatic nitrogens is 2. The van der Waals surface area contributed by atoms with E-state index in [0.717, 1.165) is 5.56 Å². The fourth-order valence-corrected chi connectivity index (χ4v) is 3.19. The number of halogens is 1. The van der Waals surface area contributed by atoms with Gasteiger partial charge in [-0.2, -0.15) is 0 Å². The standard InChI is InChI=1S/C19H17FN2O2/c20-19(8-6-14-11-21-13-22-12-14)9-7-16(18(23)24)17(10-19)15-4-2-1-3-5-15/h1-5,11-13,16-17H,7,9-10H2,(H,23,24)/t16-,17+,19-/m1/s1. The molecule has 1 aliphatic rings. The maximum Gasteiger partial charge on any atom is 0.307 e. The van der Waals surface area contributed by atoms with Gasteiger partial charge in [-0.3, -0.25) is 4.79 Å². The third kappa shape index (κ3) is 3.60. The molecular formula is C19H17FN2O2. The smallest absolute Gasteiger partial charge is 0.307 e. The Morgan fingerprint density at radius 1 is 1.25 bits per heavy atom. The van der Waals surface area contributed by atoms with Gasteiger partial charge >= 0.3 is 5.97 Å². The minimum absolute atomic E-state index is 0.0780. The zero-order valence-corrected chi connectivity index (χ0v) is 13.0. The predicted molar refractivity (Wildman–Crippen MR) is 86.9 cm³/mol. The summed E-state index contributed by atoms with van der Waals surface area (Å²) in [4.78, 5) is 19.3. The third-order valence-corrected chi connectivity index (χ3v) is 4.42. The molecule has 4 nitrogen and oxygen atoms in total. The summed E-state index contributed by atoms with van der Waals surface area (Å²) in [5.41, 5.74) is -0.315. The second-order valence-corrected chi connectivity index (χ2v) is 6.05. The average molecular weight is 324 g/mol. The van der Waals surface area contributed by atoms with Crippen molar-refractivity contribution in [3.05, 3.63) is 60.2 Å². The molecule has 1 fully saturated rings. The average Bonchev–Trinajstić information content (AvgIpc) is 2.61. The van der Waals surface area contributed by atoms with E-state index in [2.05, 4.69) is 21.8 Å². The van der Waals surface area contributed by atoms with Crippen LogP contribution >= 0.6 is 0 Å². The Kier molecular flexibility index (Phi) is 4.57. The van der Waals surface area contributed by atoms with Crippen molar-refractivity contribution in [3.8, 4) is 11.8 Å². The first-order chi connectivity index (χ1) is 11.6. The molecule has 0 amide bonds. The van der Waals surface area contributed by atoms with Gasteiger partial charge in [0.2, 0.25) is 0 Å². The van der Waals surface area contributed by atoms with Gasteiger partial charge in [-0.05, 0) is 18.4 Å². The van der Waals surface area contributed by atoms with Crippen molar-refractivity contribution in [3.63, 3.8) is 0 Å². The molecule has 0 saturated heterocycles. The second kappa shape index (κ2) is 6.79. The summed E-state index contributed by atoms with van der Waals surface area (Å²) in [6, 6.07) is 9.25. The van der Waals surface area contributed by atoms with E-state index in [-0.39, 0.29) is 25.2 Å². The van der Waals surface area contributed by atoms with Crippen LogP contribution in [0.25, 0.3) is 0 Å². The maximum absolute atomic E-state index is 15.2. The Morgan fingerprint density at radius 2 is 1.96 bits per heavy atom. The van der Waals surface area contributed by atoms with Gasteiger partial charge < -0.3 is 5.11 Å². The number of hydrogen-bond acceptors (Lipinski definition) is 3. The summed E-state index contributed by atoms with van der Waals surface area (Å²) >= 11 is 0. The minimum Gasteiger partial charge on any atom is -0.481 e. The number of carboxylic acids is 1. The quantitative estimate of drug-likeness (QED) is 0.862. The molecule has 0 radical (unpaired) electrons. The van der Waals surface area contributed by atoms with Crippen LogP contribution in [0, 0.1) is 17.8 Å². The summed E-state index contributed by atoms with van der Waals surface area (Å²) in [6.07, 6.45) is 4.91. The fraction of sp³-hybridized carbons (Fsp3) is 0.316. The van der Waals surface area contributed by atoms with Crippen molar-refractivity contribution >= 4 is 5.97 Å². The van der Waals surface area contributed by atoms with E-state index in [9.17, 15) is 9.90 Å². The molecule has 1 aromatic heterocycles. The van der Waals surface area contributed by atoms with Gasteiger partial charge in [-0.25, -0.2) is 14.4 Å². The molecule has 0 bridgehead atoms. The number of carboxylic acid groups (broad SMARTS) is 1. The van der Waals surface area contributed by atoms with Crippen molar-refractivity contribution in [1.82, 2.24) is 9.97 Å². The molecule has 2 aromatic rings. The number of benzene rings is 1. The van der Waals surface area contributed by atoms with Crippen molar-refractivity contribution < 1.29 is 14.3 Å². The Balaban J connectivity index is 1.87. The van der Waals surface area contributed by atoms with Crippen LogP contribution in [0.4, 0.5) is 4.39 Å². The molecule has 24 heavy (non-hydrogen) atoms. The molecule has 3 atom stereocenters. The largest absolute Gasteiger partial charge is 0.481 e. The van der Waals surface area contributed by atoms with Crippen LogP contribution in [0.15, 0.2) is 49.1 Å². The molecular weight excluding hydrogens is 307 g/mol. The Hall–Kier alpha value is -2.74. The summed E-state index contributed by atoms with van der Waals surface area (Å²) in [7, 11) is 0. The van der Waals surface area contributed by atoms with E-state index in [1.165, 1.54) is 18.7 Å². The topological polar surface area (TPSA) is 63.1 Å². The van der Waals surface area contributed by atoms with E-state index >= 15 is 4.39 Å². The van der Waals surface area contributed by atoms with Gasteiger partial charge in [-0.1, -0.05) is 42.2 Å². The lowest BCUT2D eigenvalue weighted by molar-refractivity contribution is -0.144. The lowest BCUT2D eigenvalue weighted by atomic mass is 9.70. The molecule has 0 aliphatic heterocycles. The van der Waals surface area contributed by atoms with Crippen molar-refractivity contribution in [1.29, 1.82) is 0 Å². The van der Waals surface area contributed by atoms with Gasteiger partial charge in [0.25, 0.3) is 0 Å². The second-order valence-electron chi connectivity index (χ2n) is 6.05.